The summed E-state index contributed by atoms with van der Waals surface area (Å²) in [6.45, 7) is 0.202. The first-order chi connectivity index (χ1) is 12.5. The van der Waals surface area contributed by atoms with Gasteiger partial charge in [0.25, 0.3) is 0 Å². The van der Waals surface area contributed by atoms with E-state index in [0.717, 1.165) is 11.6 Å². The number of ether oxygens (including phenoxy) is 1. The summed E-state index contributed by atoms with van der Waals surface area (Å²) in [5.41, 5.74) is -1.11. The maximum Gasteiger partial charge on any atom is 0.180 e. The van der Waals surface area contributed by atoms with Gasteiger partial charge in [0.15, 0.2) is 11.6 Å². The van der Waals surface area contributed by atoms with Crippen LogP contribution in [0.2, 0.25) is 0 Å². The van der Waals surface area contributed by atoms with Gasteiger partial charge in [-0.2, -0.15) is 5.26 Å². The standard InChI is InChI=1S/C20H11F4NO/c21-17-8-13(26-11-12-4-2-1-3-5-12)6-7-14(17)15-9-18(22)16(10-25)20(24)19(15)23/h1-9H,11H2. The Balaban J connectivity index is 1.90. The van der Waals surface area contributed by atoms with E-state index in [-0.39, 0.29) is 17.9 Å². The molecule has 0 bridgehead atoms. The molecule has 0 aliphatic heterocycles. The molecule has 26 heavy (non-hydrogen) atoms. The largest absolute Gasteiger partial charge is 0.489 e. The maximum absolute atomic E-state index is 14.3. The average Bonchev–Trinajstić information content (AvgIpc) is 2.65. The van der Waals surface area contributed by atoms with Gasteiger partial charge < -0.3 is 4.74 Å². The first-order valence-electron chi connectivity index (χ1n) is 7.55. The second-order valence-electron chi connectivity index (χ2n) is 5.44. The van der Waals surface area contributed by atoms with Crippen LogP contribution in [0.1, 0.15) is 11.1 Å². The normalized spacial score (nSPS) is 10.4. The van der Waals surface area contributed by atoms with Crippen molar-refractivity contribution in [2.45, 2.75) is 6.61 Å². The fraction of sp³-hybridized carbons (Fsp3) is 0.0500. The summed E-state index contributed by atoms with van der Waals surface area (Å²) in [5.74, 6) is -5.11. The third-order valence-corrected chi connectivity index (χ3v) is 3.75. The predicted octanol–water partition coefficient (Wildman–Crippen LogP) is 5.36. The zero-order valence-electron chi connectivity index (χ0n) is 13.3. The van der Waals surface area contributed by atoms with Gasteiger partial charge in [0.2, 0.25) is 0 Å². The van der Waals surface area contributed by atoms with E-state index in [2.05, 4.69) is 0 Å². The van der Waals surface area contributed by atoms with Gasteiger partial charge in [0.1, 0.15) is 35.6 Å². The summed E-state index contributed by atoms with van der Waals surface area (Å²) in [5, 5.41) is 8.64. The van der Waals surface area contributed by atoms with Crippen molar-refractivity contribution in [1.29, 1.82) is 5.26 Å². The first kappa shape index (κ1) is 17.5. The number of hydrogen-bond donors (Lipinski definition) is 0. The van der Waals surface area contributed by atoms with Crippen molar-refractivity contribution in [2.24, 2.45) is 0 Å². The fourth-order valence-electron chi connectivity index (χ4n) is 2.44. The van der Waals surface area contributed by atoms with Gasteiger partial charge in [-0.15, -0.1) is 0 Å². The van der Waals surface area contributed by atoms with E-state index < -0.39 is 34.4 Å². The summed E-state index contributed by atoms with van der Waals surface area (Å²) >= 11 is 0. The number of hydrogen-bond acceptors (Lipinski definition) is 2. The molecule has 0 N–H and O–H groups in total. The summed E-state index contributed by atoms with van der Waals surface area (Å²) in [4.78, 5) is 0. The van der Waals surface area contributed by atoms with Crippen LogP contribution in [-0.2, 0) is 6.61 Å². The topological polar surface area (TPSA) is 33.0 Å². The lowest BCUT2D eigenvalue weighted by Gasteiger charge is -2.10. The van der Waals surface area contributed by atoms with Gasteiger partial charge in [-0.05, 0) is 23.8 Å². The Bertz CT molecular complexity index is 997. The molecule has 6 heteroatoms. The first-order valence-corrected chi connectivity index (χ1v) is 7.55. The smallest absolute Gasteiger partial charge is 0.180 e. The van der Waals surface area contributed by atoms with Crippen LogP contribution in [0.4, 0.5) is 17.6 Å². The van der Waals surface area contributed by atoms with Crippen LogP contribution in [0.15, 0.2) is 54.6 Å². The number of rotatable bonds is 4. The molecule has 3 rings (SSSR count). The lowest BCUT2D eigenvalue weighted by atomic mass is 10.0. The van der Waals surface area contributed by atoms with Crippen molar-refractivity contribution in [3.05, 3.63) is 89.0 Å². The van der Waals surface area contributed by atoms with Crippen LogP contribution in [0, 0.1) is 34.6 Å². The number of nitrogens with zero attached hydrogens (tertiary/aromatic N) is 1. The Morgan fingerprint density at radius 1 is 0.808 bits per heavy atom. The highest BCUT2D eigenvalue weighted by Gasteiger charge is 2.21. The monoisotopic (exact) mass is 357 g/mol. The molecule has 0 fully saturated rings. The third-order valence-electron chi connectivity index (χ3n) is 3.75. The Labute approximate surface area is 146 Å². The summed E-state index contributed by atoms with van der Waals surface area (Å²) in [6, 6.07) is 14.6. The molecule has 0 radical (unpaired) electrons. The van der Waals surface area contributed by atoms with Crippen molar-refractivity contribution in [3.8, 4) is 22.9 Å². The molecule has 0 atom stereocenters. The van der Waals surface area contributed by atoms with Gasteiger partial charge in [0.05, 0.1) is 0 Å². The Kier molecular flexibility index (Phi) is 4.90. The molecule has 0 saturated carbocycles. The third kappa shape index (κ3) is 3.38. The second kappa shape index (κ2) is 7.28. The average molecular weight is 357 g/mol. The number of nitriles is 1. The zero-order valence-corrected chi connectivity index (χ0v) is 13.3. The van der Waals surface area contributed by atoms with E-state index in [1.807, 2.05) is 30.3 Å². The molecule has 130 valence electrons. The van der Waals surface area contributed by atoms with E-state index in [1.54, 1.807) is 0 Å². The van der Waals surface area contributed by atoms with Crippen molar-refractivity contribution in [3.63, 3.8) is 0 Å². The predicted molar refractivity (Wildman–Crippen MR) is 87.2 cm³/mol. The highest BCUT2D eigenvalue weighted by molar-refractivity contribution is 5.67. The highest BCUT2D eigenvalue weighted by Crippen LogP contribution is 2.32. The summed E-state index contributed by atoms with van der Waals surface area (Å²) in [6.07, 6.45) is 0. The minimum atomic E-state index is -1.65. The molecule has 3 aromatic carbocycles. The quantitative estimate of drug-likeness (QED) is 0.465. The molecule has 2 nitrogen and oxygen atoms in total. The van der Waals surface area contributed by atoms with Gasteiger partial charge in [-0.1, -0.05) is 30.3 Å². The lowest BCUT2D eigenvalue weighted by molar-refractivity contribution is 0.304. The van der Waals surface area contributed by atoms with Gasteiger partial charge in [-0.3, -0.25) is 0 Å². The van der Waals surface area contributed by atoms with Crippen LogP contribution in [0.3, 0.4) is 0 Å². The fourth-order valence-corrected chi connectivity index (χ4v) is 2.44. The van der Waals surface area contributed by atoms with Crippen molar-refractivity contribution >= 4 is 0 Å². The van der Waals surface area contributed by atoms with Crippen LogP contribution >= 0.6 is 0 Å². The van der Waals surface area contributed by atoms with Crippen molar-refractivity contribution < 1.29 is 22.3 Å². The van der Waals surface area contributed by atoms with Crippen LogP contribution in [-0.4, -0.2) is 0 Å². The Morgan fingerprint density at radius 2 is 1.54 bits per heavy atom. The lowest BCUT2D eigenvalue weighted by Crippen LogP contribution is -2.00. The number of benzene rings is 3. The molecule has 0 aliphatic carbocycles. The molecule has 0 aliphatic rings. The second-order valence-corrected chi connectivity index (χ2v) is 5.44. The minimum Gasteiger partial charge on any atom is -0.489 e. The van der Waals surface area contributed by atoms with E-state index in [9.17, 15) is 17.6 Å². The Morgan fingerprint density at radius 3 is 2.19 bits per heavy atom. The molecule has 3 aromatic rings. The molecule has 0 spiro atoms. The van der Waals surface area contributed by atoms with E-state index in [1.165, 1.54) is 18.2 Å². The van der Waals surface area contributed by atoms with E-state index in [0.29, 0.717) is 6.07 Å². The van der Waals surface area contributed by atoms with Gasteiger partial charge in [-0.25, -0.2) is 17.6 Å². The van der Waals surface area contributed by atoms with Crippen LogP contribution in [0.5, 0.6) is 5.75 Å². The Hall–Kier alpha value is -3.33. The molecule has 0 aromatic heterocycles. The van der Waals surface area contributed by atoms with Crippen LogP contribution in [0.25, 0.3) is 11.1 Å². The molecule has 0 heterocycles. The van der Waals surface area contributed by atoms with Crippen molar-refractivity contribution in [1.82, 2.24) is 0 Å². The van der Waals surface area contributed by atoms with E-state index in [4.69, 9.17) is 10.00 Å². The molecule has 0 amide bonds. The molecule has 0 saturated heterocycles. The van der Waals surface area contributed by atoms with Gasteiger partial charge in [0, 0.05) is 17.2 Å². The minimum absolute atomic E-state index is 0.185. The molecular formula is C20H11F4NO. The number of halogens is 4. The van der Waals surface area contributed by atoms with E-state index >= 15 is 0 Å². The van der Waals surface area contributed by atoms with Crippen molar-refractivity contribution in [2.75, 3.05) is 0 Å². The molecule has 0 unspecified atom stereocenters. The SMILES string of the molecule is N#Cc1c(F)cc(-c2ccc(OCc3ccccc3)cc2F)c(F)c1F. The summed E-state index contributed by atoms with van der Waals surface area (Å²) < 4.78 is 61.3. The molecular weight excluding hydrogens is 346 g/mol. The highest BCUT2D eigenvalue weighted by atomic mass is 19.2. The maximum atomic E-state index is 14.3. The van der Waals surface area contributed by atoms with Gasteiger partial charge >= 0.3 is 0 Å². The van der Waals surface area contributed by atoms with Crippen LogP contribution < -0.4 is 4.74 Å². The summed E-state index contributed by atoms with van der Waals surface area (Å²) in [7, 11) is 0. The zero-order chi connectivity index (χ0) is 18.7.